The Labute approximate surface area is 148 Å². The van der Waals surface area contributed by atoms with E-state index in [2.05, 4.69) is 15.5 Å². The maximum atomic E-state index is 5.73. The number of hydrogen-bond donors (Lipinski definition) is 1. The lowest BCUT2D eigenvalue weighted by Gasteiger charge is -2.14. The van der Waals surface area contributed by atoms with Crippen LogP contribution in [0.1, 0.15) is 51.0 Å². The van der Waals surface area contributed by atoms with E-state index in [1.807, 2.05) is 32.0 Å². The summed E-state index contributed by atoms with van der Waals surface area (Å²) >= 11 is 0. The molecule has 1 aliphatic rings. The molecule has 1 saturated carbocycles. The highest BCUT2D eigenvalue weighted by atomic mass is 16.5. The minimum atomic E-state index is 0.106. The Morgan fingerprint density at radius 1 is 1.20 bits per heavy atom. The van der Waals surface area contributed by atoms with Crippen LogP contribution in [-0.4, -0.2) is 23.4 Å². The molecule has 0 radical (unpaired) electrons. The molecule has 1 aliphatic carbocycles. The summed E-state index contributed by atoms with van der Waals surface area (Å²) in [5.74, 6) is 2.90. The average Bonchev–Trinajstić information content (AvgIpc) is 3.26. The van der Waals surface area contributed by atoms with Crippen molar-refractivity contribution in [3.05, 3.63) is 29.7 Å². The number of methoxy groups -OCH3 is 1. The molecule has 0 spiro atoms. The summed E-state index contributed by atoms with van der Waals surface area (Å²) in [6.45, 7) is 4.57. The third kappa shape index (κ3) is 4.87. The fourth-order valence-electron chi connectivity index (χ4n) is 3.22. The molecule has 3 rings (SSSR count). The number of hydrogen-bond acceptors (Lipinski definition) is 6. The van der Waals surface area contributed by atoms with Crippen LogP contribution in [0.15, 0.2) is 22.6 Å². The lowest BCUT2D eigenvalue weighted by atomic mass is 10.0. The van der Waals surface area contributed by atoms with Crippen LogP contribution in [0.5, 0.6) is 11.5 Å². The number of nitrogens with one attached hydrogen (secondary N) is 1. The van der Waals surface area contributed by atoms with Crippen LogP contribution in [0.2, 0.25) is 0 Å². The number of anilines is 1. The molecule has 0 aliphatic heterocycles. The quantitative estimate of drug-likeness (QED) is 0.773. The lowest BCUT2D eigenvalue weighted by Crippen LogP contribution is -2.07. The van der Waals surface area contributed by atoms with Crippen molar-refractivity contribution in [2.75, 3.05) is 12.4 Å². The largest absolute Gasteiger partial charge is 0.493 e. The van der Waals surface area contributed by atoms with Gasteiger partial charge in [0.1, 0.15) is 0 Å². The predicted molar refractivity (Wildman–Crippen MR) is 96.0 cm³/mol. The van der Waals surface area contributed by atoms with Gasteiger partial charge in [0.2, 0.25) is 5.89 Å². The van der Waals surface area contributed by atoms with Gasteiger partial charge in [0.15, 0.2) is 11.5 Å². The Morgan fingerprint density at radius 3 is 2.72 bits per heavy atom. The zero-order valence-corrected chi connectivity index (χ0v) is 15.2. The zero-order chi connectivity index (χ0) is 17.6. The van der Waals surface area contributed by atoms with Gasteiger partial charge in [-0.05, 0) is 50.3 Å². The molecule has 6 nitrogen and oxygen atoms in total. The third-order valence-electron chi connectivity index (χ3n) is 4.44. The Kier molecular flexibility index (Phi) is 5.79. The molecule has 0 saturated heterocycles. The summed E-state index contributed by atoms with van der Waals surface area (Å²) in [4.78, 5) is 0. The number of aromatic nitrogens is 2. The summed E-state index contributed by atoms with van der Waals surface area (Å²) in [5, 5.41) is 11.4. The molecule has 6 heteroatoms. The van der Waals surface area contributed by atoms with Crippen LogP contribution in [0, 0.1) is 5.92 Å². The van der Waals surface area contributed by atoms with Crippen molar-refractivity contribution in [3.8, 4) is 11.5 Å². The number of benzene rings is 1. The molecular weight excluding hydrogens is 318 g/mol. The molecule has 0 amide bonds. The van der Waals surface area contributed by atoms with Crippen molar-refractivity contribution in [2.24, 2.45) is 5.92 Å². The van der Waals surface area contributed by atoms with Gasteiger partial charge in [-0.3, -0.25) is 0 Å². The first kappa shape index (κ1) is 17.6. The third-order valence-corrected chi connectivity index (χ3v) is 4.44. The molecular formula is C19H27N3O3. The molecule has 0 unspecified atom stereocenters. The molecule has 1 N–H and O–H groups in total. The smallest absolute Gasteiger partial charge is 0.315 e. The Balaban J connectivity index is 1.56. The van der Waals surface area contributed by atoms with Crippen LogP contribution in [0.3, 0.4) is 0 Å². The van der Waals surface area contributed by atoms with Crippen LogP contribution in [0.25, 0.3) is 0 Å². The van der Waals surface area contributed by atoms with Gasteiger partial charge in [-0.2, -0.15) is 0 Å². The fourth-order valence-corrected chi connectivity index (χ4v) is 3.22. The van der Waals surface area contributed by atoms with Gasteiger partial charge < -0.3 is 19.2 Å². The molecule has 1 aromatic heterocycles. The van der Waals surface area contributed by atoms with Crippen molar-refractivity contribution in [1.82, 2.24) is 10.2 Å². The zero-order valence-electron chi connectivity index (χ0n) is 15.2. The van der Waals surface area contributed by atoms with E-state index >= 15 is 0 Å². The lowest BCUT2D eigenvalue weighted by molar-refractivity contribution is 0.230. The van der Waals surface area contributed by atoms with Crippen LogP contribution in [0.4, 0.5) is 6.01 Å². The Morgan fingerprint density at radius 2 is 2.00 bits per heavy atom. The summed E-state index contributed by atoms with van der Waals surface area (Å²) in [7, 11) is 1.65. The fraction of sp³-hybridized carbons (Fsp3) is 0.579. The minimum Gasteiger partial charge on any atom is -0.493 e. The van der Waals surface area contributed by atoms with E-state index in [1.54, 1.807) is 7.11 Å². The van der Waals surface area contributed by atoms with Gasteiger partial charge in [0.25, 0.3) is 0 Å². The van der Waals surface area contributed by atoms with Gasteiger partial charge >= 0.3 is 6.01 Å². The summed E-state index contributed by atoms with van der Waals surface area (Å²) in [5.41, 5.74) is 1.06. The number of rotatable bonds is 8. The van der Waals surface area contributed by atoms with Crippen LogP contribution in [-0.2, 0) is 13.0 Å². The first-order valence-corrected chi connectivity index (χ1v) is 9.04. The van der Waals surface area contributed by atoms with E-state index in [4.69, 9.17) is 13.9 Å². The molecule has 0 atom stereocenters. The highest BCUT2D eigenvalue weighted by molar-refractivity contribution is 5.43. The Bertz CT molecular complexity index is 678. The normalized spacial score (nSPS) is 14.9. The maximum Gasteiger partial charge on any atom is 0.315 e. The first-order valence-electron chi connectivity index (χ1n) is 9.04. The van der Waals surface area contributed by atoms with E-state index in [1.165, 1.54) is 25.7 Å². The molecule has 1 heterocycles. The summed E-state index contributed by atoms with van der Waals surface area (Å²) < 4.78 is 16.9. The van der Waals surface area contributed by atoms with Crippen molar-refractivity contribution >= 4 is 6.01 Å². The van der Waals surface area contributed by atoms with E-state index in [9.17, 15) is 0 Å². The van der Waals surface area contributed by atoms with Crippen molar-refractivity contribution in [2.45, 2.75) is 58.6 Å². The highest BCUT2D eigenvalue weighted by Gasteiger charge is 2.18. The maximum absolute atomic E-state index is 5.73. The molecule has 25 heavy (non-hydrogen) atoms. The van der Waals surface area contributed by atoms with Gasteiger partial charge in [0.05, 0.1) is 13.2 Å². The number of ether oxygens (including phenoxy) is 2. The van der Waals surface area contributed by atoms with Crippen LogP contribution < -0.4 is 14.8 Å². The molecule has 0 bridgehead atoms. The van der Waals surface area contributed by atoms with Crippen LogP contribution >= 0.6 is 0 Å². The second kappa shape index (κ2) is 8.23. The number of nitrogens with zero attached hydrogens (tertiary/aromatic N) is 2. The second-order valence-corrected chi connectivity index (χ2v) is 6.86. The first-order chi connectivity index (χ1) is 12.1. The SMILES string of the molecule is COc1cc(CNc2nnc(CC3CCCC3)o2)ccc1OC(C)C. The molecule has 1 aromatic carbocycles. The van der Waals surface area contributed by atoms with Gasteiger partial charge in [0, 0.05) is 13.0 Å². The summed E-state index contributed by atoms with van der Waals surface area (Å²) in [6, 6.07) is 6.35. The van der Waals surface area contributed by atoms with Crippen molar-refractivity contribution in [1.29, 1.82) is 0 Å². The highest BCUT2D eigenvalue weighted by Crippen LogP contribution is 2.30. The van der Waals surface area contributed by atoms with E-state index in [-0.39, 0.29) is 6.10 Å². The average molecular weight is 345 g/mol. The molecule has 1 fully saturated rings. The van der Waals surface area contributed by atoms with E-state index in [0.29, 0.717) is 18.5 Å². The summed E-state index contributed by atoms with van der Waals surface area (Å²) in [6.07, 6.45) is 6.19. The van der Waals surface area contributed by atoms with Crippen molar-refractivity contribution in [3.63, 3.8) is 0 Å². The van der Waals surface area contributed by atoms with Gasteiger partial charge in [-0.15, -0.1) is 5.10 Å². The predicted octanol–water partition coefficient (Wildman–Crippen LogP) is 4.21. The van der Waals surface area contributed by atoms with Gasteiger partial charge in [-0.25, -0.2) is 0 Å². The topological polar surface area (TPSA) is 69.4 Å². The minimum absolute atomic E-state index is 0.106. The monoisotopic (exact) mass is 345 g/mol. The second-order valence-electron chi connectivity index (χ2n) is 6.86. The van der Waals surface area contributed by atoms with E-state index in [0.717, 1.165) is 29.4 Å². The molecule has 136 valence electrons. The standard InChI is InChI=1S/C19H27N3O3/c1-13(2)24-16-9-8-15(10-17(16)23-3)12-20-19-22-21-18(25-19)11-14-6-4-5-7-14/h8-10,13-14H,4-7,11-12H2,1-3H3,(H,20,22). The van der Waals surface area contributed by atoms with Gasteiger partial charge in [-0.1, -0.05) is 24.0 Å². The van der Waals surface area contributed by atoms with Crippen molar-refractivity contribution < 1.29 is 13.9 Å². The Hall–Kier alpha value is -2.24. The molecule has 2 aromatic rings. The van der Waals surface area contributed by atoms with E-state index < -0.39 is 0 Å².